The maximum atomic E-state index is 11.6. The number of hydrogen-bond acceptors (Lipinski definition) is 13. The SMILES string of the molecule is OC[C@H]1O[C@@H]([Se][C@@H]2[Se][C@H](CO)[C@H](O)[C@H](n3cc(-c4cccc(O)c4)nn3)[C@H]2O)[C@H](O)[C@@H](n2cc(-c3cccc(O)c3)nn2)[C@H]1O. The quantitative estimate of drug-likeness (QED) is 0.0960. The fourth-order valence-corrected chi connectivity index (χ4v) is 13.7. The van der Waals surface area contributed by atoms with Crippen LogP contribution in [0.4, 0.5) is 0 Å². The van der Waals surface area contributed by atoms with Crippen LogP contribution in [0.5, 0.6) is 11.5 Å². The molecule has 2 aliphatic rings. The van der Waals surface area contributed by atoms with Crippen LogP contribution in [0.25, 0.3) is 22.5 Å². The molecule has 0 aliphatic carbocycles. The number of aromatic nitrogens is 6. The number of aliphatic hydroxyl groups is 6. The number of hydrogen-bond donors (Lipinski definition) is 8. The molecule has 4 heterocycles. The first-order valence-corrected chi connectivity index (χ1v) is 18.0. The van der Waals surface area contributed by atoms with E-state index in [-0.39, 0.29) is 18.1 Å². The summed E-state index contributed by atoms with van der Waals surface area (Å²) < 4.78 is 8.16. The van der Waals surface area contributed by atoms with Gasteiger partial charge in [0.25, 0.3) is 0 Å². The van der Waals surface area contributed by atoms with Crippen molar-refractivity contribution in [2.75, 3.05) is 13.2 Å². The summed E-state index contributed by atoms with van der Waals surface area (Å²) in [5.74, 6) is 0.0815. The van der Waals surface area contributed by atoms with Crippen molar-refractivity contribution in [2.24, 2.45) is 0 Å². The molecule has 2 aromatic heterocycles. The first kappa shape index (κ1) is 32.0. The van der Waals surface area contributed by atoms with Crippen molar-refractivity contribution in [3.8, 4) is 34.0 Å². The molecule has 17 heteroatoms. The number of aromatic hydroxyl groups is 2. The standard InChI is InChI=1S/C28H32N6O9Se2/c35-11-19-23(39)21(33-9-17(29-31-33)13-3-1-5-15(37)7-13)25(41)27(43-19)45-28-26(42)22(24(40)20(12-36)44-28)34-10-18(30-32-34)14-4-2-6-16(38)8-14/h1-10,19-28,35-42H,11-12H2/t19-,20-,21+,22+,23+,24+,25-,26-,27+,28+/m1/s1. The Morgan fingerprint density at radius 2 is 1.29 bits per heavy atom. The van der Waals surface area contributed by atoms with Gasteiger partial charge >= 0.3 is 270 Å². The van der Waals surface area contributed by atoms with Gasteiger partial charge in [-0.1, -0.05) is 0 Å². The number of phenolic OH excluding ortho intramolecular Hbond substituents is 2. The van der Waals surface area contributed by atoms with Crippen LogP contribution in [-0.2, 0) is 4.74 Å². The summed E-state index contributed by atoms with van der Waals surface area (Å²) in [5.41, 5.74) is 1.97. The number of benzene rings is 2. The molecule has 10 atom stereocenters. The average molecular weight is 755 g/mol. The third-order valence-corrected chi connectivity index (χ3v) is 15.6. The third-order valence-electron chi connectivity index (χ3n) is 7.88. The second kappa shape index (κ2) is 13.4. The average Bonchev–Trinajstić information content (AvgIpc) is 3.71. The Morgan fingerprint density at radius 3 is 1.80 bits per heavy atom. The van der Waals surface area contributed by atoms with Crippen molar-refractivity contribution in [2.45, 2.75) is 56.1 Å². The number of ether oxygens (including phenoxy) is 1. The first-order valence-electron chi connectivity index (χ1n) is 14.0. The van der Waals surface area contributed by atoms with E-state index in [1.807, 2.05) is 0 Å². The van der Waals surface area contributed by atoms with Gasteiger partial charge in [-0.25, -0.2) is 0 Å². The third kappa shape index (κ3) is 6.39. The normalized spacial score (nSPS) is 32.0. The Labute approximate surface area is 269 Å². The second-order valence-electron chi connectivity index (χ2n) is 10.8. The first-order chi connectivity index (χ1) is 21.7. The molecule has 0 unspecified atom stereocenters. The molecule has 2 saturated heterocycles. The molecule has 0 spiro atoms. The van der Waals surface area contributed by atoms with Crippen LogP contribution in [0.15, 0.2) is 60.9 Å². The predicted octanol–water partition coefficient (Wildman–Crippen LogP) is -1.49. The van der Waals surface area contributed by atoms with Crippen LogP contribution in [0, 0.1) is 0 Å². The van der Waals surface area contributed by atoms with Gasteiger partial charge < -0.3 is 0 Å². The molecule has 15 nitrogen and oxygen atoms in total. The zero-order valence-electron chi connectivity index (χ0n) is 23.4. The van der Waals surface area contributed by atoms with Crippen LogP contribution < -0.4 is 0 Å². The van der Waals surface area contributed by atoms with Crippen LogP contribution in [0.1, 0.15) is 12.1 Å². The van der Waals surface area contributed by atoms with Crippen molar-refractivity contribution in [1.29, 1.82) is 0 Å². The minimum absolute atomic E-state index is 0.0373. The van der Waals surface area contributed by atoms with Gasteiger partial charge in [-0.05, 0) is 0 Å². The number of nitrogens with zero attached hydrogens (tertiary/aromatic N) is 6. The van der Waals surface area contributed by atoms with Gasteiger partial charge in [-0.15, -0.1) is 0 Å². The summed E-state index contributed by atoms with van der Waals surface area (Å²) in [6.07, 6.45) is -2.94. The van der Waals surface area contributed by atoms with E-state index in [9.17, 15) is 40.9 Å². The van der Waals surface area contributed by atoms with Crippen molar-refractivity contribution in [3.63, 3.8) is 0 Å². The molecular weight excluding hydrogens is 722 g/mol. The molecule has 0 radical (unpaired) electrons. The Hall–Kier alpha value is -2.92. The number of rotatable bonds is 8. The van der Waals surface area contributed by atoms with Gasteiger partial charge in [-0.2, -0.15) is 0 Å². The van der Waals surface area contributed by atoms with Gasteiger partial charge in [0.1, 0.15) is 0 Å². The van der Waals surface area contributed by atoms with Crippen LogP contribution in [-0.4, -0.2) is 149 Å². The van der Waals surface area contributed by atoms with Crippen LogP contribution in [0.2, 0.25) is 8.53 Å². The monoisotopic (exact) mass is 756 g/mol. The van der Waals surface area contributed by atoms with E-state index in [2.05, 4.69) is 20.6 Å². The van der Waals surface area contributed by atoms with Gasteiger partial charge in [0, 0.05) is 0 Å². The molecule has 2 aromatic carbocycles. The summed E-state index contributed by atoms with van der Waals surface area (Å²) in [4.78, 5) is -0.567. The van der Waals surface area contributed by atoms with E-state index in [0.29, 0.717) is 22.5 Å². The molecule has 0 amide bonds. The minimum atomic E-state index is -1.34. The van der Waals surface area contributed by atoms with Crippen LogP contribution >= 0.6 is 0 Å². The fourth-order valence-electron chi connectivity index (χ4n) is 5.56. The molecule has 2 fully saturated rings. The Balaban J connectivity index is 1.25. The van der Waals surface area contributed by atoms with E-state index in [4.69, 9.17) is 4.74 Å². The predicted molar refractivity (Wildman–Crippen MR) is 158 cm³/mol. The van der Waals surface area contributed by atoms with E-state index >= 15 is 0 Å². The summed E-state index contributed by atoms with van der Waals surface area (Å²) in [7, 11) is 0. The van der Waals surface area contributed by atoms with Gasteiger partial charge in [-0.3, -0.25) is 0 Å². The van der Waals surface area contributed by atoms with Crippen molar-refractivity contribution in [1.82, 2.24) is 30.0 Å². The molecule has 2 aliphatic heterocycles. The van der Waals surface area contributed by atoms with Gasteiger partial charge in [0.2, 0.25) is 0 Å². The molecule has 0 saturated carbocycles. The number of aliphatic hydroxyl groups excluding tert-OH is 6. The van der Waals surface area contributed by atoms with Gasteiger partial charge in [0.15, 0.2) is 0 Å². The zero-order valence-corrected chi connectivity index (χ0v) is 26.9. The summed E-state index contributed by atoms with van der Waals surface area (Å²) in [5, 5.41) is 101. The second-order valence-corrected chi connectivity index (χ2v) is 17.8. The summed E-state index contributed by atoms with van der Waals surface area (Å²) in [6, 6.07) is 10.8. The van der Waals surface area contributed by atoms with E-state index in [1.54, 1.807) is 30.5 Å². The zero-order chi connectivity index (χ0) is 31.8. The molecular formula is C28H32N6O9Se2. The van der Waals surface area contributed by atoms with Gasteiger partial charge in [0.05, 0.1) is 0 Å². The summed E-state index contributed by atoms with van der Waals surface area (Å²) in [6.45, 7) is -0.878. The van der Waals surface area contributed by atoms with Crippen molar-refractivity contribution in [3.05, 3.63) is 60.9 Å². The molecule has 45 heavy (non-hydrogen) atoms. The summed E-state index contributed by atoms with van der Waals surface area (Å²) >= 11 is -1.17. The van der Waals surface area contributed by atoms with Crippen LogP contribution in [0.3, 0.4) is 0 Å². The molecule has 240 valence electrons. The Morgan fingerprint density at radius 1 is 0.733 bits per heavy atom. The Bertz CT molecular complexity index is 1490. The topological polar surface area (TPSA) is 232 Å². The van der Waals surface area contributed by atoms with E-state index < -0.39 is 92.7 Å². The maximum absolute atomic E-state index is 11.6. The Kier molecular flexibility index (Phi) is 9.57. The fraction of sp³-hybridized carbons (Fsp3) is 0.429. The molecule has 4 aromatic rings. The van der Waals surface area contributed by atoms with Crippen molar-refractivity contribution >= 4 is 29.9 Å². The van der Waals surface area contributed by atoms with Crippen molar-refractivity contribution < 1.29 is 45.6 Å². The number of phenols is 2. The molecule has 8 N–H and O–H groups in total. The molecule has 0 bridgehead atoms. The van der Waals surface area contributed by atoms with E-state index in [1.165, 1.54) is 39.8 Å². The van der Waals surface area contributed by atoms with E-state index in [0.717, 1.165) is 0 Å². The molecule has 6 rings (SSSR count).